The molecule has 2 aromatic heterocycles. The molecule has 0 aromatic carbocycles. The van der Waals surface area contributed by atoms with Crippen LogP contribution in [0.25, 0.3) is 11.1 Å². The van der Waals surface area contributed by atoms with Gasteiger partial charge in [-0.05, 0) is 43.4 Å². The van der Waals surface area contributed by atoms with Crippen LogP contribution in [0.5, 0.6) is 0 Å². The Balaban J connectivity index is 1.43. The standard InChI is InChI=1S/C18H22N4O2/c23-18(16-2-1-11-24-16)22-9-5-14(6-10-22)17-15(12-20-21-17)13-3-7-19-8-4-13/h3-4,7-8,12,14,16H,1-2,5-6,9-11H2,(H,20,21). The number of hydrogen-bond donors (Lipinski definition) is 1. The lowest BCUT2D eigenvalue weighted by molar-refractivity contribution is -0.142. The number of pyridine rings is 1. The van der Waals surface area contributed by atoms with Gasteiger partial charge in [0.2, 0.25) is 0 Å². The highest BCUT2D eigenvalue weighted by atomic mass is 16.5. The van der Waals surface area contributed by atoms with Crippen molar-refractivity contribution in [1.29, 1.82) is 0 Å². The van der Waals surface area contributed by atoms with Gasteiger partial charge in [0.15, 0.2) is 0 Å². The number of aromatic amines is 1. The van der Waals surface area contributed by atoms with E-state index >= 15 is 0 Å². The molecule has 6 nitrogen and oxygen atoms in total. The van der Waals surface area contributed by atoms with Crippen LogP contribution in [0.3, 0.4) is 0 Å². The number of carbonyl (C=O) groups is 1. The number of likely N-dealkylation sites (tertiary alicyclic amines) is 1. The summed E-state index contributed by atoms with van der Waals surface area (Å²) in [5.41, 5.74) is 3.44. The van der Waals surface area contributed by atoms with Crippen molar-refractivity contribution in [2.45, 2.75) is 37.7 Å². The van der Waals surface area contributed by atoms with E-state index in [0.29, 0.717) is 5.92 Å². The van der Waals surface area contributed by atoms with E-state index in [2.05, 4.69) is 15.2 Å². The van der Waals surface area contributed by atoms with Gasteiger partial charge < -0.3 is 9.64 Å². The maximum atomic E-state index is 12.5. The van der Waals surface area contributed by atoms with Crippen molar-refractivity contribution in [3.63, 3.8) is 0 Å². The molecule has 2 aliphatic heterocycles. The number of H-pyrrole nitrogens is 1. The van der Waals surface area contributed by atoms with Crippen LogP contribution in [0.15, 0.2) is 30.7 Å². The van der Waals surface area contributed by atoms with E-state index in [-0.39, 0.29) is 12.0 Å². The van der Waals surface area contributed by atoms with E-state index in [0.717, 1.165) is 56.5 Å². The van der Waals surface area contributed by atoms with Gasteiger partial charge in [0.25, 0.3) is 5.91 Å². The van der Waals surface area contributed by atoms with E-state index in [1.165, 1.54) is 5.69 Å². The van der Waals surface area contributed by atoms with Crippen LogP contribution in [0.1, 0.15) is 37.3 Å². The third-order valence-electron chi connectivity index (χ3n) is 5.08. The van der Waals surface area contributed by atoms with E-state index in [1.54, 1.807) is 12.4 Å². The maximum absolute atomic E-state index is 12.5. The fourth-order valence-corrected chi connectivity index (χ4v) is 3.73. The first kappa shape index (κ1) is 15.3. The lowest BCUT2D eigenvalue weighted by atomic mass is 9.89. The molecule has 1 atom stereocenters. The lowest BCUT2D eigenvalue weighted by Crippen LogP contribution is -2.43. The van der Waals surface area contributed by atoms with Gasteiger partial charge in [-0.1, -0.05) is 0 Å². The summed E-state index contributed by atoms with van der Waals surface area (Å²) >= 11 is 0. The summed E-state index contributed by atoms with van der Waals surface area (Å²) in [6, 6.07) is 4.01. The number of rotatable bonds is 3. The molecule has 2 aliphatic rings. The second-order valence-electron chi connectivity index (χ2n) is 6.53. The summed E-state index contributed by atoms with van der Waals surface area (Å²) < 4.78 is 5.53. The Bertz CT molecular complexity index is 686. The van der Waals surface area contributed by atoms with Crippen molar-refractivity contribution < 1.29 is 9.53 Å². The molecule has 1 amide bonds. The lowest BCUT2D eigenvalue weighted by Gasteiger charge is -2.33. The van der Waals surface area contributed by atoms with Crippen molar-refractivity contribution in [3.05, 3.63) is 36.4 Å². The second kappa shape index (κ2) is 6.73. The number of nitrogens with zero attached hydrogens (tertiary/aromatic N) is 3. The summed E-state index contributed by atoms with van der Waals surface area (Å²) in [6.45, 7) is 2.30. The molecule has 0 radical (unpaired) electrons. The van der Waals surface area contributed by atoms with Crippen LogP contribution in [0, 0.1) is 0 Å². The Kier molecular flexibility index (Phi) is 4.30. The van der Waals surface area contributed by atoms with Gasteiger partial charge >= 0.3 is 0 Å². The third-order valence-corrected chi connectivity index (χ3v) is 5.08. The summed E-state index contributed by atoms with van der Waals surface area (Å²) in [6.07, 6.45) is 9.05. The van der Waals surface area contributed by atoms with E-state index in [1.807, 2.05) is 23.2 Å². The Morgan fingerprint density at radius 3 is 2.71 bits per heavy atom. The zero-order chi connectivity index (χ0) is 16.4. The molecule has 2 saturated heterocycles. The van der Waals surface area contributed by atoms with Crippen LogP contribution < -0.4 is 0 Å². The van der Waals surface area contributed by atoms with Crippen molar-refractivity contribution in [3.8, 4) is 11.1 Å². The highest BCUT2D eigenvalue weighted by Gasteiger charge is 2.32. The van der Waals surface area contributed by atoms with Gasteiger partial charge in [0.05, 0.1) is 6.20 Å². The van der Waals surface area contributed by atoms with Crippen molar-refractivity contribution >= 4 is 5.91 Å². The molecule has 6 heteroatoms. The maximum Gasteiger partial charge on any atom is 0.251 e. The van der Waals surface area contributed by atoms with E-state index in [9.17, 15) is 4.79 Å². The van der Waals surface area contributed by atoms with Crippen LogP contribution in [-0.4, -0.2) is 51.8 Å². The fraction of sp³-hybridized carbons (Fsp3) is 0.500. The first-order valence-corrected chi connectivity index (χ1v) is 8.67. The Hall–Kier alpha value is -2.21. The van der Waals surface area contributed by atoms with Gasteiger partial charge in [-0.25, -0.2) is 0 Å². The molecular weight excluding hydrogens is 304 g/mol. The van der Waals surface area contributed by atoms with Gasteiger partial charge in [0, 0.05) is 49.3 Å². The smallest absolute Gasteiger partial charge is 0.251 e. The number of carbonyl (C=O) groups excluding carboxylic acids is 1. The SMILES string of the molecule is O=C(C1CCCO1)N1CCC(c2[nH]ncc2-c2ccncc2)CC1. The first-order valence-electron chi connectivity index (χ1n) is 8.67. The van der Waals surface area contributed by atoms with E-state index < -0.39 is 0 Å². The highest BCUT2D eigenvalue weighted by molar-refractivity contribution is 5.81. The normalized spacial score (nSPS) is 22.0. The summed E-state index contributed by atoms with van der Waals surface area (Å²) in [5.74, 6) is 0.578. The summed E-state index contributed by atoms with van der Waals surface area (Å²) in [7, 11) is 0. The van der Waals surface area contributed by atoms with Gasteiger partial charge in [-0.2, -0.15) is 5.10 Å². The molecule has 1 unspecified atom stereocenters. The molecule has 0 aliphatic carbocycles. The zero-order valence-electron chi connectivity index (χ0n) is 13.6. The van der Waals surface area contributed by atoms with Crippen LogP contribution in [0.2, 0.25) is 0 Å². The third kappa shape index (κ3) is 2.94. The Morgan fingerprint density at radius 2 is 2.00 bits per heavy atom. The summed E-state index contributed by atoms with van der Waals surface area (Å²) in [4.78, 5) is 18.5. The molecule has 0 spiro atoms. The Labute approximate surface area is 141 Å². The summed E-state index contributed by atoms with van der Waals surface area (Å²) in [5, 5.41) is 7.42. The minimum absolute atomic E-state index is 0.171. The molecule has 4 heterocycles. The largest absolute Gasteiger partial charge is 0.368 e. The van der Waals surface area contributed by atoms with Gasteiger partial charge in [0.1, 0.15) is 6.10 Å². The Morgan fingerprint density at radius 1 is 1.21 bits per heavy atom. The number of hydrogen-bond acceptors (Lipinski definition) is 4. The number of ether oxygens (including phenoxy) is 1. The molecule has 4 rings (SSSR count). The molecular formula is C18H22N4O2. The van der Waals surface area contributed by atoms with E-state index in [4.69, 9.17) is 4.74 Å². The quantitative estimate of drug-likeness (QED) is 0.940. The zero-order valence-corrected chi connectivity index (χ0v) is 13.6. The number of piperidine rings is 1. The van der Waals surface area contributed by atoms with Gasteiger partial charge in [-0.3, -0.25) is 14.9 Å². The van der Waals surface area contributed by atoms with Crippen molar-refractivity contribution in [2.75, 3.05) is 19.7 Å². The molecule has 126 valence electrons. The van der Waals surface area contributed by atoms with Crippen LogP contribution in [0.4, 0.5) is 0 Å². The predicted molar refractivity (Wildman–Crippen MR) is 89.3 cm³/mol. The predicted octanol–water partition coefficient (Wildman–Crippen LogP) is 2.36. The van der Waals surface area contributed by atoms with Crippen LogP contribution >= 0.6 is 0 Å². The van der Waals surface area contributed by atoms with Gasteiger partial charge in [-0.15, -0.1) is 0 Å². The highest BCUT2D eigenvalue weighted by Crippen LogP contribution is 2.34. The number of aromatic nitrogens is 3. The topological polar surface area (TPSA) is 71.1 Å². The molecule has 1 N–H and O–H groups in total. The second-order valence-corrected chi connectivity index (χ2v) is 6.53. The average Bonchev–Trinajstić information content (AvgIpc) is 3.34. The number of amides is 1. The molecule has 2 aromatic rings. The molecule has 0 saturated carbocycles. The number of nitrogens with one attached hydrogen (secondary N) is 1. The van der Waals surface area contributed by atoms with Crippen LogP contribution in [-0.2, 0) is 9.53 Å². The first-order chi connectivity index (χ1) is 11.8. The minimum Gasteiger partial charge on any atom is -0.368 e. The van der Waals surface area contributed by atoms with Crippen molar-refractivity contribution in [1.82, 2.24) is 20.1 Å². The minimum atomic E-state index is -0.207. The van der Waals surface area contributed by atoms with Crippen molar-refractivity contribution in [2.24, 2.45) is 0 Å². The average molecular weight is 326 g/mol. The molecule has 24 heavy (non-hydrogen) atoms. The fourth-order valence-electron chi connectivity index (χ4n) is 3.73. The monoisotopic (exact) mass is 326 g/mol. The molecule has 0 bridgehead atoms. The molecule has 2 fully saturated rings.